The average Bonchev–Trinajstić information content (AvgIpc) is 3.40. The number of carbonyl (C=O) groups is 3. The van der Waals surface area contributed by atoms with E-state index in [0.717, 1.165) is 31.5 Å². The summed E-state index contributed by atoms with van der Waals surface area (Å²) in [4.78, 5) is 41.4. The van der Waals surface area contributed by atoms with E-state index in [2.05, 4.69) is 5.32 Å². The van der Waals surface area contributed by atoms with Gasteiger partial charge in [0.1, 0.15) is 0 Å². The molecule has 28 heavy (non-hydrogen) atoms. The number of rotatable bonds is 4. The molecule has 2 fully saturated rings. The molecule has 3 amide bonds. The predicted molar refractivity (Wildman–Crippen MR) is 110 cm³/mol. The van der Waals surface area contributed by atoms with E-state index < -0.39 is 0 Å². The average molecular weight is 398 g/mol. The monoisotopic (exact) mass is 397 g/mol. The summed E-state index contributed by atoms with van der Waals surface area (Å²) in [6, 6.07) is 11.1. The van der Waals surface area contributed by atoms with Gasteiger partial charge >= 0.3 is 0 Å². The van der Waals surface area contributed by atoms with Crippen molar-refractivity contribution in [2.75, 3.05) is 29.9 Å². The van der Waals surface area contributed by atoms with E-state index in [9.17, 15) is 14.4 Å². The number of benzene rings is 1. The predicted octanol–water partition coefficient (Wildman–Crippen LogP) is 3.37. The number of hydrogen-bond acceptors (Lipinski definition) is 4. The van der Waals surface area contributed by atoms with Gasteiger partial charge in [0.15, 0.2) is 0 Å². The molecule has 1 N–H and O–H groups in total. The van der Waals surface area contributed by atoms with Crippen LogP contribution in [0, 0.1) is 5.92 Å². The van der Waals surface area contributed by atoms with Gasteiger partial charge < -0.3 is 15.1 Å². The van der Waals surface area contributed by atoms with Crippen LogP contribution in [-0.4, -0.2) is 42.3 Å². The molecule has 1 aromatic heterocycles. The summed E-state index contributed by atoms with van der Waals surface area (Å²) in [6.07, 6.45) is 3.09. The van der Waals surface area contributed by atoms with Crippen LogP contribution in [0.25, 0.3) is 0 Å². The van der Waals surface area contributed by atoms with Crippen molar-refractivity contribution in [3.05, 3.63) is 46.7 Å². The molecule has 0 saturated carbocycles. The molecule has 146 valence electrons. The zero-order chi connectivity index (χ0) is 19.5. The lowest BCUT2D eigenvalue weighted by atomic mass is 9.97. The van der Waals surface area contributed by atoms with Crippen LogP contribution in [0.3, 0.4) is 0 Å². The smallest absolute Gasteiger partial charge is 0.263 e. The van der Waals surface area contributed by atoms with Crippen LogP contribution < -0.4 is 10.2 Å². The number of amides is 3. The molecule has 2 aliphatic heterocycles. The molecule has 7 heteroatoms. The molecule has 1 atom stereocenters. The Labute approximate surface area is 168 Å². The van der Waals surface area contributed by atoms with Gasteiger partial charge in [0.05, 0.1) is 10.8 Å². The van der Waals surface area contributed by atoms with E-state index in [1.54, 1.807) is 9.80 Å². The maximum Gasteiger partial charge on any atom is 0.263 e. The zero-order valence-electron chi connectivity index (χ0n) is 15.6. The maximum absolute atomic E-state index is 12.7. The lowest BCUT2D eigenvalue weighted by Crippen LogP contribution is -2.43. The summed E-state index contributed by atoms with van der Waals surface area (Å²) in [7, 11) is 0. The third-order valence-corrected chi connectivity index (χ3v) is 6.19. The molecule has 0 bridgehead atoms. The minimum Gasteiger partial charge on any atom is -0.337 e. The quantitative estimate of drug-likeness (QED) is 0.860. The van der Waals surface area contributed by atoms with Crippen molar-refractivity contribution in [1.29, 1.82) is 0 Å². The van der Waals surface area contributed by atoms with Crippen LogP contribution in [0.15, 0.2) is 41.8 Å². The number of thiophene rings is 1. The first-order valence-corrected chi connectivity index (χ1v) is 10.5. The molecule has 2 aromatic rings. The van der Waals surface area contributed by atoms with Crippen molar-refractivity contribution in [2.45, 2.75) is 25.7 Å². The van der Waals surface area contributed by atoms with Crippen LogP contribution in [0.2, 0.25) is 0 Å². The van der Waals surface area contributed by atoms with E-state index in [0.29, 0.717) is 30.1 Å². The van der Waals surface area contributed by atoms with Gasteiger partial charge in [-0.1, -0.05) is 6.07 Å². The Morgan fingerprint density at radius 1 is 1.07 bits per heavy atom. The molecule has 0 spiro atoms. The van der Waals surface area contributed by atoms with Crippen LogP contribution in [0.5, 0.6) is 0 Å². The van der Waals surface area contributed by atoms with Crippen LogP contribution >= 0.6 is 11.3 Å². The normalized spacial score (nSPS) is 19.7. The minimum atomic E-state index is -0.211. The van der Waals surface area contributed by atoms with Crippen molar-refractivity contribution in [2.24, 2.45) is 5.92 Å². The second-order valence-electron chi connectivity index (χ2n) is 7.25. The molecule has 6 nitrogen and oxygen atoms in total. The second-order valence-corrected chi connectivity index (χ2v) is 8.20. The Hall–Kier alpha value is -2.67. The van der Waals surface area contributed by atoms with E-state index >= 15 is 0 Å². The standard InChI is InChI=1S/C21H23N3O3S/c25-19-6-2-12-24(19)17-9-7-16(8-10-17)22-20(26)15-4-1-11-23(14-15)21(27)18-5-3-13-28-18/h3,5,7-10,13,15H,1-2,4,6,11-12,14H2,(H,22,26). The molecule has 2 aliphatic rings. The maximum atomic E-state index is 12.7. The fraction of sp³-hybridized carbons (Fsp3) is 0.381. The summed E-state index contributed by atoms with van der Waals surface area (Å²) in [5.41, 5.74) is 1.58. The summed E-state index contributed by atoms with van der Waals surface area (Å²) in [5, 5.41) is 4.85. The highest BCUT2D eigenvalue weighted by molar-refractivity contribution is 7.12. The summed E-state index contributed by atoms with van der Waals surface area (Å²) in [6.45, 7) is 1.89. The Bertz CT molecular complexity index is 864. The lowest BCUT2D eigenvalue weighted by molar-refractivity contribution is -0.121. The molecular formula is C21H23N3O3S. The number of carbonyl (C=O) groups excluding carboxylic acids is 3. The number of likely N-dealkylation sites (tertiary alicyclic amines) is 1. The Balaban J connectivity index is 1.36. The molecule has 0 radical (unpaired) electrons. The summed E-state index contributed by atoms with van der Waals surface area (Å²) >= 11 is 1.43. The minimum absolute atomic E-state index is 0.00660. The summed E-state index contributed by atoms with van der Waals surface area (Å²) in [5.74, 6) is -0.118. The van der Waals surface area contributed by atoms with Gasteiger partial charge in [-0.3, -0.25) is 14.4 Å². The molecule has 3 heterocycles. The van der Waals surface area contributed by atoms with Crippen molar-refractivity contribution < 1.29 is 14.4 Å². The highest BCUT2D eigenvalue weighted by Gasteiger charge is 2.29. The Kier molecular flexibility index (Phi) is 5.43. The highest BCUT2D eigenvalue weighted by atomic mass is 32.1. The van der Waals surface area contributed by atoms with Gasteiger partial charge in [0.25, 0.3) is 5.91 Å². The number of nitrogens with one attached hydrogen (secondary N) is 1. The van der Waals surface area contributed by atoms with E-state index in [4.69, 9.17) is 0 Å². The van der Waals surface area contributed by atoms with E-state index in [1.165, 1.54) is 11.3 Å². The van der Waals surface area contributed by atoms with Crippen LogP contribution in [-0.2, 0) is 9.59 Å². The SMILES string of the molecule is O=C(Nc1ccc(N2CCCC2=O)cc1)C1CCCN(C(=O)c2cccs2)C1. The Morgan fingerprint density at radius 2 is 1.89 bits per heavy atom. The van der Waals surface area contributed by atoms with Crippen molar-refractivity contribution in [3.63, 3.8) is 0 Å². The van der Waals surface area contributed by atoms with E-state index in [1.807, 2.05) is 41.8 Å². The molecular weight excluding hydrogens is 374 g/mol. The van der Waals surface area contributed by atoms with Gasteiger partial charge in [-0.2, -0.15) is 0 Å². The second kappa shape index (κ2) is 8.14. The number of nitrogens with zero attached hydrogens (tertiary/aromatic N) is 2. The Morgan fingerprint density at radius 3 is 2.57 bits per heavy atom. The fourth-order valence-electron chi connectivity index (χ4n) is 3.82. The van der Waals surface area contributed by atoms with Gasteiger partial charge in [0, 0.05) is 37.4 Å². The first kappa shape index (κ1) is 18.7. The number of anilines is 2. The van der Waals surface area contributed by atoms with Crippen LogP contribution in [0.4, 0.5) is 11.4 Å². The van der Waals surface area contributed by atoms with Crippen molar-refractivity contribution >= 4 is 40.4 Å². The zero-order valence-corrected chi connectivity index (χ0v) is 16.4. The molecule has 0 aliphatic carbocycles. The van der Waals surface area contributed by atoms with Crippen molar-refractivity contribution in [1.82, 2.24) is 4.90 Å². The van der Waals surface area contributed by atoms with Gasteiger partial charge in [-0.05, 0) is 55.0 Å². The van der Waals surface area contributed by atoms with E-state index in [-0.39, 0.29) is 23.6 Å². The van der Waals surface area contributed by atoms with Gasteiger partial charge in [-0.15, -0.1) is 11.3 Å². The molecule has 2 saturated heterocycles. The summed E-state index contributed by atoms with van der Waals surface area (Å²) < 4.78 is 0. The third kappa shape index (κ3) is 3.94. The van der Waals surface area contributed by atoms with Crippen molar-refractivity contribution in [3.8, 4) is 0 Å². The first-order valence-electron chi connectivity index (χ1n) is 9.66. The topological polar surface area (TPSA) is 69.7 Å². The molecule has 4 rings (SSSR count). The van der Waals surface area contributed by atoms with Crippen LogP contribution in [0.1, 0.15) is 35.4 Å². The van der Waals surface area contributed by atoms with Gasteiger partial charge in [0.2, 0.25) is 11.8 Å². The molecule has 1 aromatic carbocycles. The fourth-order valence-corrected chi connectivity index (χ4v) is 4.51. The number of piperidine rings is 1. The number of hydrogen-bond donors (Lipinski definition) is 1. The molecule has 1 unspecified atom stereocenters. The third-order valence-electron chi connectivity index (χ3n) is 5.33. The lowest BCUT2D eigenvalue weighted by Gasteiger charge is -2.31. The highest BCUT2D eigenvalue weighted by Crippen LogP contribution is 2.25. The van der Waals surface area contributed by atoms with Gasteiger partial charge in [-0.25, -0.2) is 0 Å². The first-order chi connectivity index (χ1) is 13.6. The largest absolute Gasteiger partial charge is 0.337 e.